The van der Waals surface area contributed by atoms with Crippen LogP contribution in [-0.4, -0.2) is 29.3 Å². The van der Waals surface area contributed by atoms with E-state index in [9.17, 15) is 4.79 Å². The van der Waals surface area contributed by atoms with Gasteiger partial charge >= 0.3 is 5.97 Å². The van der Waals surface area contributed by atoms with Gasteiger partial charge in [-0.1, -0.05) is 0 Å². The van der Waals surface area contributed by atoms with Crippen molar-refractivity contribution in [2.75, 3.05) is 29.9 Å². The van der Waals surface area contributed by atoms with Gasteiger partial charge in [-0.2, -0.15) is 0 Å². The normalized spacial score (nSPS) is 9.93. The summed E-state index contributed by atoms with van der Waals surface area (Å²) in [5.41, 5.74) is 11.9. The van der Waals surface area contributed by atoms with Gasteiger partial charge in [0.15, 0.2) is 0 Å². The fourth-order valence-electron chi connectivity index (χ4n) is 1.23. The first-order chi connectivity index (χ1) is 7.06. The lowest BCUT2D eigenvalue weighted by Crippen LogP contribution is -2.12. The zero-order valence-corrected chi connectivity index (χ0v) is 8.03. The zero-order chi connectivity index (χ0) is 11.4. The average molecular weight is 211 g/mol. The van der Waals surface area contributed by atoms with Crippen molar-refractivity contribution in [1.29, 1.82) is 0 Å². The molecule has 0 amide bonds. The number of benzene rings is 1. The summed E-state index contributed by atoms with van der Waals surface area (Å²) in [5, 5.41) is 20.3. The van der Waals surface area contributed by atoms with Gasteiger partial charge < -0.3 is 27.0 Å². The molecule has 0 radical (unpaired) electrons. The van der Waals surface area contributed by atoms with E-state index in [1.165, 1.54) is 12.1 Å². The number of nitrogen functional groups attached to an aromatic ring is 2. The van der Waals surface area contributed by atoms with Gasteiger partial charge in [0.05, 0.1) is 23.5 Å². The number of carboxylic acids is 1. The average Bonchev–Trinajstić information content (AvgIpc) is 2.15. The molecule has 0 spiro atoms. The molecule has 0 bridgehead atoms. The number of rotatable bonds is 4. The second-order valence-corrected chi connectivity index (χ2v) is 2.99. The van der Waals surface area contributed by atoms with Gasteiger partial charge in [-0.15, -0.1) is 0 Å². The minimum Gasteiger partial charge on any atom is -0.478 e. The lowest BCUT2D eigenvalue weighted by Gasteiger charge is -2.12. The van der Waals surface area contributed by atoms with E-state index in [4.69, 9.17) is 21.7 Å². The van der Waals surface area contributed by atoms with Gasteiger partial charge in [0.25, 0.3) is 0 Å². The third-order valence-electron chi connectivity index (χ3n) is 1.84. The summed E-state index contributed by atoms with van der Waals surface area (Å²) >= 11 is 0. The number of carboxylic acid groups (broad SMARTS) is 1. The summed E-state index contributed by atoms with van der Waals surface area (Å²) in [6.07, 6.45) is 0. The highest BCUT2D eigenvalue weighted by Gasteiger charge is 2.13. The lowest BCUT2D eigenvalue weighted by atomic mass is 10.1. The third kappa shape index (κ3) is 2.50. The Bertz CT molecular complexity index is 379. The molecule has 1 aromatic carbocycles. The predicted molar refractivity (Wildman–Crippen MR) is 57.8 cm³/mol. The standard InChI is InChI=1S/C9H13N3O3/c10-5-3-6(9(14)15)8(7(11)4-5)12-1-2-13/h3-4,12-13H,1-2,10-11H2,(H,14,15). The van der Waals surface area contributed by atoms with Gasteiger partial charge in [-0.05, 0) is 12.1 Å². The van der Waals surface area contributed by atoms with E-state index in [1.807, 2.05) is 0 Å². The molecule has 82 valence electrons. The molecule has 0 atom stereocenters. The van der Waals surface area contributed by atoms with Crippen LogP contribution >= 0.6 is 0 Å². The van der Waals surface area contributed by atoms with E-state index < -0.39 is 5.97 Å². The van der Waals surface area contributed by atoms with Crippen LogP contribution in [0.3, 0.4) is 0 Å². The van der Waals surface area contributed by atoms with Crippen molar-refractivity contribution in [1.82, 2.24) is 0 Å². The molecule has 0 aliphatic rings. The Morgan fingerprint density at radius 3 is 2.60 bits per heavy atom. The van der Waals surface area contributed by atoms with Crippen LogP contribution in [0.4, 0.5) is 17.1 Å². The van der Waals surface area contributed by atoms with E-state index in [0.717, 1.165) is 0 Å². The molecule has 15 heavy (non-hydrogen) atoms. The van der Waals surface area contributed by atoms with E-state index in [0.29, 0.717) is 5.69 Å². The van der Waals surface area contributed by atoms with Crippen LogP contribution in [0, 0.1) is 0 Å². The second-order valence-electron chi connectivity index (χ2n) is 2.99. The lowest BCUT2D eigenvalue weighted by molar-refractivity contribution is 0.0698. The van der Waals surface area contributed by atoms with Crippen molar-refractivity contribution in [3.8, 4) is 0 Å². The van der Waals surface area contributed by atoms with Gasteiger partial charge in [0, 0.05) is 12.2 Å². The first-order valence-corrected chi connectivity index (χ1v) is 4.33. The van der Waals surface area contributed by atoms with E-state index in [1.54, 1.807) is 0 Å². The number of nitrogens with one attached hydrogen (secondary N) is 1. The van der Waals surface area contributed by atoms with Crippen molar-refractivity contribution >= 4 is 23.0 Å². The minimum atomic E-state index is -1.12. The Balaban J connectivity index is 3.15. The summed E-state index contributed by atoms with van der Waals surface area (Å²) < 4.78 is 0. The van der Waals surface area contributed by atoms with E-state index in [2.05, 4.69) is 5.32 Å². The van der Waals surface area contributed by atoms with Crippen LogP contribution in [0.25, 0.3) is 0 Å². The molecule has 0 saturated carbocycles. The summed E-state index contributed by atoms with van der Waals surface area (Å²) in [6.45, 7) is 0.122. The zero-order valence-electron chi connectivity index (χ0n) is 8.03. The maximum absolute atomic E-state index is 10.9. The molecule has 0 aliphatic carbocycles. The number of aromatic carboxylic acids is 1. The van der Waals surface area contributed by atoms with Crippen molar-refractivity contribution in [3.63, 3.8) is 0 Å². The number of hydrogen-bond donors (Lipinski definition) is 5. The number of aliphatic hydroxyl groups excluding tert-OH is 1. The predicted octanol–water partition coefficient (Wildman–Crippen LogP) is -0.0466. The smallest absolute Gasteiger partial charge is 0.337 e. The van der Waals surface area contributed by atoms with Crippen molar-refractivity contribution in [2.24, 2.45) is 0 Å². The number of anilines is 3. The Kier molecular flexibility index (Phi) is 3.35. The molecule has 7 N–H and O–H groups in total. The van der Waals surface area contributed by atoms with Gasteiger partial charge in [0.2, 0.25) is 0 Å². The van der Waals surface area contributed by atoms with Gasteiger partial charge in [0.1, 0.15) is 0 Å². The van der Waals surface area contributed by atoms with Crippen molar-refractivity contribution in [3.05, 3.63) is 17.7 Å². The van der Waals surface area contributed by atoms with Crippen LogP contribution in [0.2, 0.25) is 0 Å². The van der Waals surface area contributed by atoms with Crippen molar-refractivity contribution in [2.45, 2.75) is 0 Å². The largest absolute Gasteiger partial charge is 0.478 e. The molecular formula is C9H13N3O3. The molecule has 0 unspecified atom stereocenters. The van der Waals surface area contributed by atoms with E-state index in [-0.39, 0.29) is 30.1 Å². The number of aliphatic hydroxyl groups is 1. The molecular weight excluding hydrogens is 198 g/mol. The molecule has 0 aliphatic heterocycles. The molecule has 0 aromatic heterocycles. The highest BCUT2D eigenvalue weighted by atomic mass is 16.4. The quantitative estimate of drug-likeness (QED) is 0.445. The SMILES string of the molecule is Nc1cc(N)c(NCCO)c(C(=O)O)c1. The van der Waals surface area contributed by atoms with Crippen LogP contribution in [-0.2, 0) is 0 Å². The summed E-state index contributed by atoms with van der Waals surface area (Å²) in [5.74, 6) is -1.12. The first-order valence-electron chi connectivity index (χ1n) is 4.33. The highest BCUT2D eigenvalue weighted by Crippen LogP contribution is 2.26. The number of nitrogens with two attached hydrogens (primary N) is 2. The fourth-order valence-corrected chi connectivity index (χ4v) is 1.23. The Labute approximate surface area is 86.5 Å². The van der Waals surface area contributed by atoms with Crippen LogP contribution in [0.15, 0.2) is 12.1 Å². The second kappa shape index (κ2) is 4.52. The Morgan fingerprint density at radius 2 is 2.07 bits per heavy atom. The minimum absolute atomic E-state index is 0.000880. The molecule has 0 heterocycles. The maximum Gasteiger partial charge on any atom is 0.337 e. The number of carbonyl (C=O) groups is 1. The van der Waals surface area contributed by atoms with Crippen molar-refractivity contribution < 1.29 is 15.0 Å². The molecule has 6 heteroatoms. The highest BCUT2D eigenvalue weighted by molar-refractivity contribution is 5.99. The van der Waals surface area contributed by atoms with E-state index >= 15 is 0 Å². The Hall–Kier alpha value is -1.95. The van der Waals surface area contributed by atoms with Crippen LogP contribution < -0.4 is 16.8 Å². The van der Waals surface area contributed by atoms with Gasteiger partial charge in [-0.3, -0.25) is 0 Å². The summed E-state index contributed by atoms with van der Waals surface area (Å²) in [4.78, 5) is 10.9. The Morgan fingerprint density at radius 1 is 1.40 bits per heavy atom. The molecule has 1 aromatic rings. The van der Waals surface area contributed by atoms with Gasteiger partial charge in [-0.25, -0.2) is 4.79 Å². The maximum atomic E-state index is 10.9. The van der Waals surface area contributed by atoms with Crippen LogP contribution in [0.5, 0.6) is 0 Å². The summed E-state index contributed by atoms with van der Waals surface area (Å²) in [7, 11) is 0. The molecule has 0 fully saturated rings. The first kappa shape index (κ1) is 11.1. The van der Waals surface area contributed by atoms with Crippen LogP contribution in [0.1, 0.15) is 10.4 Å². The summed E-state index contributed by atoms with van der Waals surface area (Å²) in [6, 6.07) is 2.78. The number of hydrogen-bond acceptors (Lipinski definition) is 5. The molecule has 0 saturated heterocycles. The fraction of sp³-hybridized carbons (Fsp3) is 0.222. The topological polar surface area (TPSA) is 122 Å². The monoisotopic (exact) mass is 211 g/mol. The molecule has 6 nitrogen and oxygen atoms in total. The molecule has 1 rings (SSSR count). The third-order valence-corrected chi connectivity index (χ3v) is 1.84.